The first kappa shape index (κ1) is 19.5. The van der Waals surface area contributed by atoms with Gasteiger partial charge in [0.2, 0.25) is 0 Å². The minimum absolute atomic E-state index is 0.295. The van der Waals surface area contributed by atoms with E-state index >= 15 is 0 Å². The highest BCUT2D eigenvalue weighted by molar-refractivity contribution is 5.63. The lowest BCUT2D eigenvalue weighted by Crippen LogP contribution is -2.29. The van der Waals surface area contributed by atoms with E-state index in [1.54, 1.807) is 17.6 Å². The maximum atomic E-state index is 12.5. The first-order chi connectivity index (χ1) is 13.9. The van der Waals surface area contributed by atoms with Crippen LogP contribution in [0.3, 0.4) is 0 Å². The first-order valence-electron chi connectivity index (χ1n) is 9.41. The van der Waals surface area contributed by atoms with Crippen molar-refractivity contribution in [2.24, 2.45) is 0 Å². The number of pyridine rings is 1. The number of benzene rings is 1. The van der Waals surface area contributed by atoms with Crippen molar-refractivity contribution in [1.29, 1.82) is 0 Å². The van der Waals surface area contributed by atoms with Gasteiger partial charge < -0.3 is 14.8 Å². The Hall–Kier alpha value is -2.81. The summed E-state index contributed by atoms with van der Waals surface area (Å²) in [5.74, 6) is 0.148. The van der Waals surface area contributed by atoms with Crippen molar-refractivity contribution in [3.05, 3.63) is 42.6 Å². The van der Waals surface area contributed by atoms with Crippen LogP contribution in [0.15, 0.2) is 42.6 Å². The fourth-order valence-electron chi connectivity index (χ4n) is 3.68. The lowest BCUT2D eigenvalue weighted by atomic mass is 9.93. The maximum absolute atomic E-state index is 12.5. The van der Waals surface area contributed by atoms with Gasteiger partial charge in [0.05, 0.1) is 11.8 Å². The summed E-state index contributed by atoms with van der Waals surface area (Å²) >= 11 is 0. The number of ether oxygens (including phenoxy) is 2. The number of anilines is 1. The summed E-state index contributed by atoms with van der Waals surface area (Å²) in [5.41, 5.74) is 2.00. The van der Waals surface area contributed by atoms with Crippen LogP contribution >= 0.6 is 0 Å². The van der Waals surface area contributed by atoms with Gasteiger partial charge in [-0.25, -0.2) is 0 Å². The average Bonchev–Trinajstić information content (AvgIpc) is 3.11. The Morgan fingerprint density at radius 1 is 1.07 bits per heavy atom. The van der Waals surface area contributed by atoms with Crippen LogP contribution in [0.2, 0.25) is 0 Å². The van der Waals surface area contributed by atoms with Gasteiger partial charge in [0.1, 0.15) is 5.75 Å². The second kappa shape index (κ2) is 7.90. The summed E-state index contributed by atoms with van der Waals surface area (Å²) in [6, 6.07) is 9.83. The van der Waals surface area contributed by atoms with Crippen LogP contribution < -0.4 is 10.1 Å². The number of alkyl halides is 3. The summed E-state index contributed by atoms with van der Waals surface area (Å²) in [6.07, 6.45) is 1.51. The molecule has 1 aromatic carbocycles. The smallest absolute Gasteiger partial charge is 0.406 e. The quantitative estimate of drug-likeness (QED) is 0.668. The fourth-order valence-corrected chi connectivity index (χ4v) is 3.68. The van der Waals surface area contributed by atoms with Gasteiger partial charge in [0.25, 0.3) is 0 Å². The maximum Gasteiger partial charge on any atom is 0.573 e. The summed E-state index contributed by atoms with van der Waals surface area (Å²) in [5, 5.41) is 11.8. The van der Waals surface area contributed by atoms with Crippen molar-refractivity contribution in [3.8, 4) is 17.1 Å². The highest BCUT2D eigenvalue weighted by Gasteiger charge is 2.31. The van der Waals surface area contributed by atoms with Gasteiger partial charge >= 0.3 is 6.36 Å². The van der Waals surface area contributed by atoms with Gasteiger partial charge in [-0.3, -0.25) is 4.40 Å². The molecule has 154 valence electrons. The van der Waals surface area contributed by atoms with Crippen LogP contribution in [0.25, 0.3) is 17.0 Å². The Balaban J connectivity index is 1.57. The van der Waals surface area contributed by atoms with Gasteiger partial charge in [0.15, 0.2) is 11.5 Å². The molecule has 4 rings (SSSR count). The predicted molar refractivity (Wildman–Crippen MR) is 102 cm³/mol. The Morgan fingerprint density at radius 2 is 1.86 bits per heavy atom. The summed E-state index contributed by atoms with van der Waals surface area (Å²) in [7, 11) is 1.74. The zero-order valence-electron chi connectivity index (χ0n) is 15.8. The summed E-state index contributed by atoms with van der Waals surface area (Å²) < 4.78 is 48.7. The number of halogens is 3. The normalized spacial score (nSPS) is 20.0. The standard InChI is InChI=1S/C20H21F3N4O2/c1-28-16-8-5-14(6-9-16)24-15-7-10-18-25-26-19(27(18)12-15)13-3-2-4-17(11-13)29-20(21,22)23/h2-4,7,10-12,14,16,24H,5-6,8-9H2,1H3/t14-,16-. The molecule has 0 bridgehead atoms. The van der Waals surface area contributed by atoms with Gasteiger partial charge in [0, 0.05) is 24.9 Å². The SMILES string of the molecule is CO[C@H]1CC[C@H](Nc2ccc3nnc(-c4cccc(OC(F)(F)F)c4)n3c2)CC1. The molecule has 0 unspecified atom stereocenters. The van der Waals surface area contributed by atoms with E-state index in [4.69, 9.17) is 4.74 Å². The summed E-state index contributed by atoms with van der Waals surface area (Å²) in [4.78, 5) is 0. The van der Waals surface area contributed by atoms with Crippen molar-refractivity contribution in [2.75, 3.05) is 12.4 Å². The largest absolute Gasteiger partial charge is 0.573 e. The van der Waals surface area contributed by atoms with Gasteiger partial charge in [-0.2, -0.15) is 0 Å². The first-order valence-corrected chi connectivity index (χ1v) is 9.41. The highest BCUT2D eigenvalue weighted by atomic mass is 19.4. The molecule has 6 nitrogen and oxygen atoms in total. The van der Waals surface area contributed by atoms with Crippen molar-refractivity contribution in [2.45, 2.75) is 44.2 Å². The third kappa shape index (κ3) is 4.61. The molecular formula is C20H21F3N4O2. The lowest BCUT2D eigenvalue weighted by molar-refractivity contribution is -0.274. The van der Waals surface area contributed by atoms with Crippen LogP contribution in [0, 0.1) is 0 Å². The van der Waals surface area contributed by atoms with Crippen molar-refractivity contribution in [3.63, 3.8) is 0 Å². The minimum Gasteiger partial charge on any atom is -0.406 e. The van der Waals surface area contributed by atoms with E-state index < -0.39 is 6.36 Å². The Bertz CT molecular complexity index is 981. The highest BCUT2D eigenvalue weighted by Crippen LogP contribution is 2.29. The molecule has 0 aliphatic heterocycles. The molecule has 29 heavy (non-hydrogen) atoms. The lowest BCUT2D eigenvalue weighted by Gasteiger charge is -2.28. The summed E-state index contributed by atoms with van der Waals surface area (Å²) in [6.45, 7) is 0. The molecule has 1 saturated carbocycles. The molecule has 0 amide bonds. The van der Waals surface area contributed by atoms with Crippen LogP contribution in [-0.4, -0.2) is 40.2 Å². The molecule has 0 saturated heterocycles. The molecule has 0 radical (unpaired) electrons. The zero-order valence-corrected chi connectivity index (χ0v) is 15.8. The molecule has 1 aliphatic carbocycles. The van der Waals surface area contributed by atoms with E-state index in [1.165, 1.54) is 18.2 Å². The minimum atomic E-state index is -4.75. The molecule has 0 atom stereocenters. The van der Waals surface area contributed by atoms with E-state index in [0.29, 0.717) is 29.2 Å². The number of hydrogen-bond donors (Lipinski definition) is 1. The number of hydrogen-bond acceptors (Lipinski definition) is 5. The van der Waals surface area contributed by atoms with Crippen LogP contribution in [-0.2, 0) is 4.74 Å². The monoisotopic (exact) mass is 406 g/mol. The topological polar surface area (TPSA) is 60.7 Å². The Morgan fingerprint density at radius 3 is 2.59 bits per heavy atom. The molecule has 2 aromatic heterocycles. The third-order valence-corrected chi connectivity index (χ3v) is 5.11. The second-order valence-electron chi connectivity index (χ2n) is 7.10. The number of nitrogens with zero attached hydrogens (tertiary/aromatic N) is 3. The van der Waals surface area contributed by atoms with Gasteiger partial charge in [-0.1, -0.05) is 12.1 Å². The van der Waals surface area contributed by atoms with E-state index in [0.717, 1.165) is 31.4 Å². The molecule has 1 N–H and O–H groups in total. The van der Waals surface area contributed by atoms with Crippen molar-refractivity contribution < 1.29 is 22.6 Å². The number of nitrogens with one attached hydrogen (secondary N) is 1. The molecule has 3 aromatic rings. The van der Waals surface area contributed by atoms with Crippen molar-refractivity contribution in [1.82, 2.24) is 14.6 Å². The van der Waals surface area contributed by atoms with E-state index in [1.807, 2.05) is 18.3 Å². The Labute approximate surface area is 165 Å². The molecule has 1 aliphatic rings. The number of fused-ring (bicyclic) bond motifs is 1. The van der Waals surface area contributed by atoms with Crippen LogP contribution in [0.1, 0.15) is 25.7 Å². The average molecular weight is 406 g/mol. The van der Waals surface area contributed by atoms with E-state index in [9.17, 15) is 13.2 Å². The van der Waals surface area contributed by atoms with Gasteiger partial charge in [-0.05, 0) is 49.9 Å². The van der Waals surface area contributed by atoms with Crippen LogP contribution in [0.5, 0.6) is 5.75 Å². The Kier molecular flexibility index (Phi) is 5.31. The predicted octanol–water partition coefficient (Wildman–Crippen LogP) is 4.66. The molecule has 0 spiro atoms. The second-order valence-corrected chi connectivity index (χ2v) is 7.10. The molecular weight excluding hydrogens is 385 g/mol. The third-order valence-electron chi connectivity index (χ3n) is 5.11. The molecule has 9 heteroatoms. The van der Waals surface area contributed by atoms with Crippen LogP contribution in [0.4, 0.5) is 18.9 Å². The fraction of sp³-hybridized carbons (Fsp3) is 0.400. The number of aromatic nitrogens is 3. The number of methoxy groups -OCH3 is 1. The molecule has 2 heterocycles. The van der Waals surface area contributed by atoms with E-state index in [2.05, 4.69) is 20.3 Å². The molecule has 1 fully saturated rings. The zero-order chi connectivity index (χ0) is 20.4. The van der Waals surface area contributed by atoms with Gasteiger partial charge in [-0.15, -0.1) is 23.4 Å². The van der Waals surface area contributed by atoms with Crippen molar-refractivity contribution >= 4 is 11.3 Å². The number of rotatable bonds is 5. The van der Waals surface area contributed by atoms with E-state index in [-0.39, 0.29) is 5.75 Å².